The highest BCUT2D eigenvalue weighted by atomic mass is 28.4. The summed E-state index contributed by atoms with van der Waals surface area (Å²) in [7, 11) is -2.11. The van der Waals surface area contributed by atoms with Crippen LogP contribution in [0.3, 0.4) is 0 Å². The molecule has 0 radical (unpaired) electrons. The number of carbonyl (C=O) groups is 1. The lowest BCUT2D eigenvalue weighted by molar-refractivity contribution is -0.130. The Bertz CT molecular complexity index is 1270. The Kier molecular flexibility index (Phi) is 9.21. The van der Waals surface area contributed by atoms with Crippen molar-refractivity contribution in [2.45, 2.75) is 115 Å². The average Bonchev–Trinajstić information content (AvgIpc) is 2.90. The van der Waals surface area contributed by atoms with E-state index in [4.69, 9.17) is 10.2 Å². The van der Waals surface area contributed by atoms with Crippen molar-refractivity contribution in [1.82, 2.24) is 5.32 Å². The fraction of sp³-hybridized carbons (Fsp3) is 0.639. The third-order valence-electron chi connectivity index (χ3n) is 11.3. The maximum Gasteiger partial charge on any atom is 0.225 e. The fourth-order valence-corrected chi connectivity index (χ4v) is 9.96. The Balaban J connectivity index is 1.31. The number of aromatic hydroxyl groups is 1. The monoisotopic (exact) mass is 606 g/mol. The van der Waals surface area contributed by atoms with Gasteiger partial charge in [-0.3, -0.25) is 4.79 Å². The van der Waals surface area contributed by atoms with Crippen molar-refractivity contribution in [2.75, 3.05) is 6.54 Å². The first-order chi connectivity index (χ1) is 20.2. The molecule has 6 nitrogen and oxygen atoms in total. The molecule has 7 heteroatoms. The summed E-state index contributed by atoms with van der Waals surface area (Å²) in [5.41, 5.74) is 10.00. The summed E-state index contributed by atoms with van der Waals surface area (Å²) in [4.78, 5) is 13.1. The van der Waals surface area contributed by atoms with E-state index in [1.807, 2.05) is 12.1 Å². The zero-order valence-corrected chi connectivity index (χ0v) is 28.2. The van der Waals surface area contributed by atoms with Gasteiger partial charge < -0.3 is 25.7 Å². The van der Waals surface area contributed by atoms with E-state index in [0.717, 1.165) is 54.6 Å². The minimum absolute atomic E-state index is 0.0366. The number of benzene rings is 2. The summed E-state index contributed by atoms with van der Waals surface area (Å²) in [5, 5.41) is 23.7. The van der Waals surface area contributed by atoms with Gasteiger partial charge in [0.1, 0.15) is 5.75 Å². The van der Waals surface area contributed by atoms with Crippen LogP contribution in [0.25, 0.3) is 0 Å². The molecule has 0 heterocycles. The van der Waals surface area contributed by atoms with Crippen LogP contribution in [0.2, 0.25) is 18.1 Å². The van der Waals surface area contributed by atoms with Crippen molar-refractivity contribution >= 4 is 14.2 Å². The molecule has 4 aliphatic carbocycles. The first-order valence-electron chi connectivity index (χ1n) is 16.4. The number of hydrogen-bond donors (Lipinski definition) is 4. The van der Waals surface area contributed by atoms with Gasteiger partial charge in [-0.05, 0) is 122 Å². The van der Waals surface area contributed by atoms with Crippen LogP contribution >= 0.6 is 0 Å². The van der Waals surface area contributed by atoms with Crippen molar-refractivity contribution < 1.29 is 19.4 Å². The molecule has 5 N–H and O–H groups in total. The van der Waals surface area contributed by atoms with Gasteiger partial charge in [-0.25, -0.2) is 0 Å². The minimum Gasteiger partial charge on any atom is -0.508 e. The summed E-state index contributed by atoms with van der Waals surface area (Å²) >= 11 is 0. The molecule has 1 amide bonds. The van der Waals surface area contributed by atoms with Gasteiger partial charge in [0.15, 0.2) is 8.32 Å². The fourth-order valence-electron chi connectivity index (χ4n) is 8.68. The molecule has 1 unspecified atom stereocenters. The molecule has 3 atom stereocenters. The summed E-state index contributed by atoms with van der Waals surface area (Å²) in [6, 6.07) is 14.2. The van der Waals surface area contributed by atoms with Crippen molar-refractivity contribution in [3.05, 3.63) is 64.7 Å². The number of aliphatic hydroxyl groups excluding tert-OH is 1. The number of nitrogens with one attached hydrogen (secondary N) is 1. The number of nitrogens with two attached hydrogens (primary N) is 1. The standard InChI is InChI=1S/C36H54N2O4Si/c1-23(38-21-32(42-43(5,6)35(2,3)4)28-10-11-31(40)30(17-28)22-39)12-24-8-7-9-29(16-24)33(34(37)41)36-18-25-13-26(19-36)15-27(14-25)20-36/h7-11,16-17,23,25-27,32-33,38-40H,12-15,18-22H2,1-6H3,(H2,37,41)/t23-,25?,26?,27?,32-,33?,36?/m1/s1. The maximum atomic E-state index is 13.1. The van der Waals surface area contributed by atoms with E-state index in [9.17, 15) is 15.0 Å². The van der Waals surface area contributed by atoms with Gasteiger partial charge in [0, 0.05) is 18.2 Å². The third kappa shape index (κ3) is 6.90. The molecule has 0 saturated heterocycles. The normalized spacial score (nSPS) is 27.2. The Labute approximate surface area is 259 Å². The summed E-state index contributed by atoms with van der Waals surface area (Å²) in [5.74, 6) is 2.03. The number of rotatable bonds is 12. The minimum atomic E-state index is -2.11. The number of amides is 1. The van der Waals surface area contributed by atoms with Crippen molar-refractivity contribution in [3.8, 4) is 5.75 Å². The average molecular weight is 607 g/mol. The highest BCUT2D eigenvalue weighted by Gasteiger charge is 2.55. The van der Waals surface area contributed by atoms with Crippen LogP contribution in [0.5, 0.6) is 5.75 Å². The Morgan fingerprint density at radius 2 is 1.67 bits per heavy atom. The molecule has 6 rings (SSSR count). The quantitative estimate of drug-likeness (QED) is 0.196. The van der Waals surface area contributed by atoms with Crippen LogP contribution in [-0.2, 0) is 22.2 Å². The van der Waals surface area contributed by atoms with E-state index in [0.29, 0.717) is 12.1 Å². The summed E-state index contributed by atoms with van der Waals surface area (Å²) in [6.07, 6.45) is 8.11. The van der Waals surface area contributed by atoms with Gasteiger partial charge in [-0.2, -0.15) is 0 Å². The topological polar surface area (TPSA) is 105 Å². The van der Waals surface area contributed by atoms with Crippen LogP contribution in [-0.4, -0.2) is 37.0 Å². The largest absolute Gasteiger partial charge is 0.508 e. The number of hydrogen-bond acceptors (Lipinski definition) is 5. The molecule has 0 aliphatic heterocycles. The van der Waals surface area contributed by atoms with Crippen LogP contribution in [0.15, 0.2) is 42.5 Å². The maximum absolute atomic E-state index is 13.1. The number of phenols is 1. The van der Waals surface area contributed by atoms with Crippen LogP contribution in [0, 0.1) is 23.2 Å². The first kappa shape index (κ1) is 32.2. The molecule has 43 heavy (non-hydrogen) atoms. The Morgan fingerprint density at radius 1 is 1.05 bits per heavy atom. The van der Waals surface area contributed by atoms with Crippen molar-refractivity contribution in [2.24, 2.45) is 28.9 Å². The predicted octanol–water partition coefficient (Wildman–Crippen LogP) is 6.95. The van der Waals surface area contributed by atoms with E-state index in [-0.39, 0.29) is 46.8 Å². The van der Waals surface area contributed by atoms with Gasteiger partial charge >= 0.3 is 0 Å². The van der Waals surface area contributed by atoms with Crippen LogP contribution in [0.1, 0.15) is 100 Å². The molecule has 0 spiro atoms. The lowest BCUT2D eigenvalue weighted by Gasteiger charge is -2.59. The molecule has 4 saturated carbocycles. The summed E-state index contributed by atoms with van der Waals surface area (Å²) < 4.78 is 6.88. The number of primary amides is 1. The molecule has 0 aromatic heterocycles. The van der Waals surface area contributed by atoms with E-state index < -0.39 is 8.32 Å². The molecule has 4 fully saturated rings. The molecular formula is C36H54N2O4Si. The number of carbonyl (C=O) groups excluding carboxylic acids is 1. The second kappa shape index (κ2) is 12.3. The molecule has 4 bridgehead atoms. The van der Waals surface area contributed by atoms with Crippen molar-refractivity contribution in [3.63, 3.8) is 0 Å². The highest BCUT2D eigenvalue weighted by molar-refractivity contribution is 6.74. The SMILES string of the molecule is C[C@H](Cc1cccc(C(C(N)=O)C23CC4CC(CC(C4)C2)C3)c1)NC[C@@H](O[Si](C)(C)C(C)(C)C)c1ccc(O)c(CO)c1. The van der Waals surface area contributed by atoms with Gasteiger partial charge in [0.05, 0.1) is 18.6 Å². The van der Waals surface area contributed by atoms with Gasteiger partial charge in [-0.1, -0.05) is 51.1 Å². The molecule has 236 valence electrons. The predicted molar refractivity (Wildman–Crippen MR) is 175 cm³/mol. The number of aliphatic hydroxyl groups is 1. The molecule has 4 aliphatic rings. The second-order valence-corrected chi connectivity index (χ2v) is 20.5. The molecular weight excluding hydrogens is 552 g/mol. The van der Waals surface area contributed by atoms with Gasteiger partial charge in [0.2, 0.25) is 5.91 Å². The van der Waals surface area contributed by atoms with E-state index in [2.05, 4.69) is 70.4 Å². The Morgan fingerprint density at radius 3 is 2.23 bits per heavy atom. The third-order valence-corrected chi connectivity index (χ3v) is 15.8. The van der Waals surface area contributed by atoms with Crippen molar-refractivity contribution in [1.29, 1.82) is 0 Å². The molecule has 2 aromatic rings. The van der Waals surface area contributed by atoms with E-state index in [1.165, 1.54) is 24.8 Å². The van der Waals surface area contributed by atoms with Gasteiger partial charge in [-0.15, -0.1) is 0 Å². The Hall–Kier alpha value is -2.19. The first-order valence-corrected chi connectivity index (χ1v) is 19.3. The highest BCUT2D eigenvalue weighted by Crippen LogP contribution is 2.64. The van der Waals surface area contributed by atoms with Crippen LogP contribution < -0.4 is 11.1 Å². The van der Waals surface area contributed by atoms with Gasteiger partial charge in [0.25, 0.3) is 0 Å². The summed E-state index contributed by atoms with van der Waals surface area (Å²) in [6.45, 7) is 13.8. The molecule has 2 aromatic carbocycles. The van der Waals surface area contributed by atoms with Crippen LogP contribution in [0.4, 0.5) is 0 Å². The zero-order valence-electron chi connectivity index (χ0n) is 27.2. The van der Waals surface area contributed by atoms with E-state index in [1.54, 1.807) is 6.07 Å². The van der Waals surface area contributed by atoms with E-state index >= 15 is 0 Å². The lowest BCUT2D eigenvalue weighted by Crippen LogP contribution is -2.51. The lowest BCUT2D eigenvalue weighted by atomic mass is 9.45. The second-order valence-electron chi connectivity index (χ2n) is 15.8. The smallest absolute Gasteiger partial charge is 0.225 e. The zero-order chi connectivity index (χ0) is 31.2.